The van der Waals surface area contributed by atoms with E-state index in [9.17, 15) is 4.79 Å². The lowest BCUT2D eigenvalue weighted by atomic mass is 9.90. The summed E-state index contributed by atoms with van der Waals surface area (Å²) >= 11 is 6.69. The van der Waals surface area contributed by atoms with Crippen molar-refractivity contribution in [2.45, 2.75) is 19.4 Å². The molecular weight excluding hydrogens is 426 g/mol. The van der Waals surface area contributed by atoms with Crippen LogP contribution in [0, 0.1) is 11.7 Å². The van der Waals surface area contributed by atoms with Gasteiger partial charge in [-0.2, -0.15) is 5.10 Å². The number of anilines is 1. The second kappa shape index (κ2) is 9.20. The minimum absolute atomic E-state index is 0.136. The van der Waals surface area contributed by atoms with Crippen molar-refractivity contribution in [3.8, 4) is 10.7 Å². The van der Waals surface area contributed by atoms with Crippen LogP contribution in [0.5, 0.6) is 0 Å². The van der Waals surface area contributed by atoms with Crippen LogP contribution in [0.2, 0.25) is 0 Å². The van der Waals surface area contributed by atoms with Crippen LogP contribution in [0.3, 0.4) is 0 Å². The Hall–Kier alpha value is -3.36. The average Bonchev–Trinajstić information content (AvgIpc) is 3.32. The van der Waals surface area contributed by atoms with Crippen molar-refractivity contribution >= 4 is 34.6 Å². The minimum Gasteiger partial charge on any atom is -0.301 e. The Morgan fingerprint density at radius 3 is 2.39 bits per heavy atom. The normalized spacial score (nSPS) is 10.9. The van der Waals surface area contributed by atoms with Crippen LogP contribution in [0.25, 0.3) is 10.7 Å². The molecule has 0 spiro atoms. The number of amides is 1. The van der Waals surface area contributed by atoms with E-state index >= 15 is 0 Å². The van der Waals surface area contributed by atoms with Gasteiger partial charge in [0, 0.05) is 6.54 Å². The van der Waals surface area contributed by atoms with Crippen molar-refractivity contribution in [2.75, 3.05) is 5.32 Å². The third-order valence-corrected chi connectivity index (χ3v) is 6.21. The number of carbonyl (C=O) groups excluding carboxylic acids is 1. The SMILES string of the molecule is C=CCn1c(-c2sc(NC(=O)C(c3ccccc3)c3ccccc3)nc2C)n[nH]c1=S. The van der Waals surface area contributed by atoms with E-state index in [1.54, 1.807) is 6.08 Å². The van der Waals surface area contributed by atoms with Crippen molar-refractivity contribution in [3.63, 3.8) is 0 Å². The third-order valence-electron chi connectivity index (χ3n) is 4.83. The highest BCUT2D eigenvalue weighted by Crippen LogP contribution is 2.33. The van der Waals surface area contributed by atoms with Crippen molar-refractivity contribution < 1.29 is 4.79 Å². The predicted molar refractivity (Wildman–Crippen MR) is 127 cm³/mol. The van der Waals surface area contributed by atoms with Crippen molar-refractivity contribution in [2.24, 2.45) is 0 Å². The van der Waals surface area contributed by atoms with Gasteiger partial charge in [0.05, 0.1) is 16.5 Å². The molecule has 8 heteroatoms. The van der Waals surface area contributed by atoms with Crippen LogP contribution < -0.4 is 5.32 Å². The maximum absolute atomic E-state index is 13.3. The molecule has 0 fully saturated rings. The van der Waals surface area contributed by atoms with E-state index in [4.69, 9.17) is 12.2 Å². The van der Waals surface area contributed by atoms with Gasteiger partial charge in [0.1, 0.15) is 0 Å². The first-order chi connectivity index (χ1) is 15.1. The maximum Gasteiger partial charge on any atom is 0.238 e. The molecule has 0 aliphatic heterocycles. The lowest BCUT2D eigenvalue weighted by molar-refractivity contribution is -0.116. The molecule has 2 aromatic heterocycles. The largest absolute Gasteiger partial charge is 0.301 e. The summed E-state index contributed by atoms with van der Waals surface area (Å²) in [5.74, 6) is 0.108. The summed E-state index contributed by atoms with van der Waals surface area (Å²) in [4.78, 5) is 18.8. The number of nitrogens with one attached hydrogen (secondary N) is 2. The summed E-state index contributed by atoms with van der Waals surface area (Å²) in [7, 11) is 0. The molecule has 0 unspecified atom stereocenters. The number of hydrogen-bond donors (Lipinski definition) is 2. The Balaban J connectivity index is 1.66. The Labute approximate surface area is 189 Å². The number of hydrogen-bond acceptors (Lipinski definition) is 5. The first kappa shape index (κ1) is 20.9. The number of aromatic nitrogens is 4. The first-order valence-corrected chi connectivity index (χ1v) is 11.0. The van der Waals surface area contributed by atoms with Crippen LogP contribution in [0.1, 0.15) is 22.7 Å². The fraction of sp³-hybridized carbons (Fsp3) is 0.130. The summed E-state index contributed by atoms with van der Waals surface area (Å²) in [6.07, 6.45) is 1.76. The zero-order valence-corrected chi connectivity index (χ0v) is 18.5. The quantitative estimate of drug-likeness (QED) is 0.297. The van der Waals surface area contributed by atoms with E-state index in [1.165, 1.54) is 11.3 Å². The summed E-state index contributed by atoms with van der Waals surface area (Å²) < 4.78 is 2.37. The van der Waals surface area contributed by atoms with E-state index in [2.05, 4.69) is 27.1 Å². The van der Waals surface area contributed by atoms with Crippen LogP contribution in [-0.2, 0) is 11.3 Å². The molecule has 0 aliphatic rings. The molecule has 2 heterocycles. The smallest absolute Gasteiger partial charge is 0.238 e. The van der Waals surface area contributed by atoms with Gasteiger partial charge in [-0.3, -0.25) is 14.5 Å². The molecule has 0 saturated heterocycles. The Morgan fingerprint density at radius 1 is 1.19 bits per heavy atom. The van der Waals surface area contributed by atoms with Crippen LogP contribution in [0.4, 0.5) is 5.13 Å². The van der Waals surface area contributed by atoms with Gasteiger partial charge < -0.3 is 5.32 Å². The number of H-pyrrole nitrogens is 1. The molecule has 0 saturated carbocycles. The fourth-order valence-corrected chi connectivity index (χ4v) is 4.59. The molecule has 31 heavy (non-hydrogen) atoms. The van der Waals surface area contributed by atoms with E-state index in [0.29, 0.717) is 22.3 Å². The number of rotatable bonds is 7. The van der Waals surface area contributed by atoms with Crippen LogP contribution in [0.15, 0.2) is 73.3 Å². The number of aromatic amines is 1. The number of nitrogens with zero attached hydrogens (tertiary/aromatic N) is 3. The highest BCUT2D eigenvalue weighted by molar-refractivity contribution is 7.71. The maximum atomic E-state index is 13.3. The van der Waals surface area contributed by atoms with Gasteiger partial charge in [0.2, 0.25) is 5.91 Å². The molecule has 0 aliphatic carbocycles. The molecule has 0 bridgehead atoms. The van der Waals surface area contributed by atoms with Gasteiger partial charge in [-0.15, -0.1) is 6.58 Å². The van der Waals surface area contributed by atoms with Gasteiger partial charge >= 0.3 is 0 Å². The van der Waals surface area contributed by atoms with E-state index in [-0.39, 0.29) is 5.91 Å². The van der Waals surface area contributed by atoms with Gasteiger partial charge in [-0.05, 0) is 30.3 Å². The Kier molecular flexibility index (Phi) is 6.20. The number of benzene rings is 2. The second-order valence-corrected chi connectivity index (χ2v) is 8.31. The molecule has 4 aromatic rings. The molecule has 6 nitrogen and oxygen atoms in total. The number of aryl methyl sites for hydroxylation is 1. The molecule has 2 N–H and O–H groups in total. The molecule has 1 amide bonds. The molecule has 156 valence electrons. The summed E-state index contributed by atoms with van der Waals surface area (Å²) in [6.45, 7) is 6.21. The zero-order valence-electron chi connectivity index (χ0n) is 16.9. The lowest BCUT2D eigenvalue weighted by Gasteiger charge is -2.17. The molecule has 4 rings (SSSR count). The van der Waals surface area contributed by atoms with Gasteiger partial charge in [0.25, 0.3) is 0 Å². The monoisotopic (exact) mass is 447 g/mol. The van der Waals surface area contributed by atoms with Crippen LogP contribution in [-0.4, -0.2) is 25.7 Å². The Bertz CT molecular complexity index is 1220. The predicted octanol–water partition coefficient (Wildman–Crippen LogP) is 5.33. The standard InChI is InChI=1S/C23H21N5OS2/c1-3-14-28-20(26-27-23(28)30)19-15(2)24-22(31-19)25-21(29)18(16-10-6-4-7-11-16)17-12-8-5-9-13-17/h3-13,18H,1,14H2,2H3,(H,27,30)(H,24,25,29). The number of allylic oxidation sites excluding steroid dienone is 1. The number of thiazole rings is 1. The van der Waals surface area contributed by atoms with Gasteiger partial charge in [-0.1, -0.05) is 78.1 Å². The summed E-state index contributed by atoms with van der Waals surface area (Å²) in [5.41, 5.74) is 2.62. The minimum atomic E-state index is -0.439. The average molecular weight is 448 g/mol. The van der Waals surface area contributed by atoms with Gasteiger partial charge in [-0.25, -0.2) is 4.98 Å². The summed E-state index contributed by atoms with van der Waals surface area (Å²) in [5, 5.41) is 10.7. The van der Waals surface area contributed by atoms with E-state index in [0.717, 1.165) is 21.7 Å². The van der Waals surface area contributed by atoms with Crippen molar-refractivity contribution in [3.05, 3.63) is 94.9 Å². The molecular formula is C23H21N5OS2. The highest BCUT2D eigenvalue weighted by Gasteiger charge is 2.24. The highest BCUT2D eigenvalue weighted by atomic mass is 32.1. The molecule has 0 radical (unpaired) electrons. The Morgan fingerprint density at radius 2 is 1.81 bits per heavy atom. The van der Waals surface area contributed by atoms with E-state index < -0.39 is 5.92 Å². The van der Waals surface area contributed by atoms with Gasteiger partial charge in [0.15, 0.2) is 15.7 Å². The second-order valence-electron chi connectivity index (χ2n) is 6.93. The fourth-order valence-electron chi connectivity index (χ4n) is 3.41. The topological polar surface area (TPSA) is 75.6 Å². The lowest BCUT2D eigenvalue weighted by Crippen LogP contribution is -2.22. The van der Waals surface area contributed by atoms with E-state index in [1.807, 2.05) is 72.2 Å². The first-order valence-electron chi connectivity index (χ1n) is 9.73. The summed E-state index contributed by atoms with van der Waals surface area (Å²) in [6, 6.07) is 19.5. The van der Waals surface area contributed by atoms with Crippen molar-refractivity contribution in [1.29, 1.82) is 0 Å². The molecule has 0 atom stereocenters. The molecule has 2 aromatic carbocycles. The van der Waals surface area contributed by atoms with Crippen molar-refractivity contribution in [1.82, 2.24) is 19.7 Å². The number of carbonyl (C=O) groups is 1. The van der Waals surface area contributed by atoms with Crippen LogP contribution >= 0.6 is 23.6 Å². The zero-order chi connectivity index (χ0) is 21.8. The third kappa shape index (κ3) is 4.40.